The Labute approximate surface area is 201 Å². The Morgan fingerprint density at radius 3 is 3.03 bits per heavy atom. The van der Waals surface area contributed by atoms with Gasteiger partial charge >= 0.3 is 0 Å². The predicted molar refractivity (Wildman–Crippen MR) is 129 cm³/mol. The van der Waals surface area contributed by atoms with Gasteiger partial charge in [-0.05, 0) is 35.4 Å². The fourth-order valence-electron chi connectivity index (χ4n) is 4.85. The van der Waals surface area contributed by atoms with Crippen LogP contribution in [0.5, 0.6) is 5.75 Å². The SMILES string of the molecule is CC(=O)NCc1ccc2c(-c3cc(Cl)cc4c3O[C@@H](c3onc5c3CNCC5)C4)ccnc2c1. The molecule has 0 bridgehead atoms. The standard InChI is InChI=1S/C26H23ClN4O3/c1-14(32)30-12-15-2-3-19-18(4-7-29-23(19)8-15)20-11-17(27)9-16-10-24(33-25(16)20)26-21-13-28-6-5-22(21)31-34-26/h2-4,7-9,11,24,28H,5-6,10,12-13H2,1H3,(H,30,32)/t24-/m1/s1. The lowest BCUT2D eigenvalue weighted by Gasteiger charge is -2.15. The van der Waals surface area contributed by atoms with Crippen LogP contribution >= 0.6 is 11.6 Å². The molecule has 0 fully saturated rings. The molecule has 2 aromatic heterocycles. The van der Waals surface area contributed by atoms with Crippen molar-refractivity contribution in [2.75, 3.05) is 6.54 Å². The number of fused-ring (bicyclic) bond motifs is 3. The van der Waals surface area contributed by atoms with Crippen molar-refractivity contribution in [3.05, 3.63) is 75.8 Å². The van der Waals surface area contributed by atoms with Crippen LogP contribution in [-0.2, 0) is 30.7 Å². The maximum Gasteiger partial charge on any atom is 0.217 e. The second kappa shape index (κ2) is 8.42. The largest absolute Gasteiger partial charge is 0.481 e. The number of ether oxygens (including phenoxy) is 1. The van der Waals surface area contributed by atoms with E-state index in [1.807, 2.05) is 36.4 Å². The van der Waals surface area contributed by atoms with Gasteiger partial charge in [-0.3, -0.25) is 9.78 Å². The van der Waals surface area contributed by atoms with E-state index in [2.05, 4.69) is 20.8 Å². The smallest absolute Gasteiger partial charge is 0.217 e. The minimum absolute atomic E-state index is 0.0631. The van der Waals surface area contributed by atoms with Crippen LogP contribution in [0.2, 0.25) is 5.02 Å². The number of hydrogen-bond acceptors (Lipinski definition) is 6. The van der Waals surface area contributed by atoms with Crippen LogP contribution < -0.4 is 15.4 Å². The van der Waals surface area contributed by atoms with E-state index in [4.69, 9.17) is 20.9 Å². The van der Waals surface area contributed by atoms with Gasteiger partial charge < -0.3 is 19.9 Å². The molecule has 8 heteroatoms. The highest BCUT2D eigenvalue weighted by Crippen LogP contribution is 2.47. The monoisotopic (exact) mass is 474 g/mol. The molecule has 0 unspecified atom stereocenters. The van der Waals surface area contributed by atoms with Crippen molar-refractivity contribution >= 4 is 28.4 Å². The molecule has 172 valence electrons. The van der Waals surface area contributed by atoms with E-state index in [0.717, 1.165) is 75.4 Å². The maximum absolute atomic E-state index is 11.3. The van der Waals surface area contributed by atoms with Crippen molar-refractivity contribution in [1.29, 1.82) is 0 Å². The summed E-state index contributed by atoms with van der Waals surface area (Å²) in [6, 6.07) is 11.9. The molecule has 6 rings (SSSR count). The molecule has 1 amide bonds. The van der Waals surface area contributed by atoms with Crippen LogP contribution in [0, 0.1) is 0 Å². The summed E-state index contributed by atoms with van der Waals surface area (Å²) in [6.07, 6.45) is 3.09. The van der Waals surface area contributed by atoms with Gasteiger partial charge in [-0.25, -0.2) is 0 Å². The molecule has 2 aliphatic rings. The minimum Gasteiger partial charge on any atom is -0.481 e. The molecule has 2 aliphatic heterocycles. The van der Waals surface area contributed by atoms with Crippen LogP contribution in [0.4, 0.5) is 0 Å². The molecule has 34 heavy (non-hydrogen) atoms. The summed E-state index contributed by atoms with van der Waals surface area (Å²) in [5, 5.41) is 12.2. The molecule has 4 heterocycles. The van der Waals surface area contributed by atoms with Crippen LogP contribution in [-0.4, -0.2) is 22.6 Å². The summed E-state index contributed by atoms with van der Waals surface area (Å²) in [5.74, 6) is 1.55. The fourth-order valence-corrected chi connectivity index (χ4v) is 5.09. The molecule has 2 aromatic carbocycles. The molecule has 0 saturated carbocycles. The van der Waals surface area contributed by atoms with Crippen LogP contribution in [0.3, 0.4) is 0 Å². The Morgan fingerprint density at radius 1 is 1.24 bits per heavy atom. The summed E-state index contributed by atoms with van der Waals surface area (Å²) >= 11 is 6.56. The first-order chi connectivity index (χ1) is 16.6. The molecule has 7 nitrogen and oxygen atoms in total. The van der Waals surface area contributed by atoms with Gasteiger partial charge in [0, 0.05) is 72.7 Å². The van der Waals surface area contributed by atoms with Gasteiger partial charge in [0.05, 0.1) is 11.2 Å². The molecule has 2 N–H and O–H groups in total. The first-order valence-electron chi connectivity index (χ1n) is 11.4. The van der Waals surface area contributed by atoms with Gasteiger partial charge in [0.15, 0.2) is 11.9 Å². The number of aromatic nitrogens is 2. The lowest BCUT2D eigenvalue weighted by atomic mass is 9.96. The Hall–Kier alpha value is -3.42. The van der Waals surface area contributed by atoms with Crippen molar-refractivity contribution in [2.24, 2.45) is 0 Å². The van der Waals surface area contributed by atoms with E-state index in [1.165, 1.54) is 6.92 Å². The zero-order valence-electron chi connectivity index (χ0n) is 18.7. The summed E-state index contributed by atoms with van der Waals surface area (Å²) < 4.78 is 12.3. The highest BCUT2D eigenvalue weighted by atomic mass is 35.5. The summed E-state index contributed by atoms with van der Waals surface area (Å²) in [4.78, 5) is 15.8. The minimum atomic E-state index is -0.235. The van der Waals surface area contributed by atoms with E-state index in [0.29, 0.717) is 18.0 Å². The van der Waals surface area contributed by atoms with Crippen molar-refractivity contribution in [3.8, 4) is 16.9 Å². The molecular weight excluding hydrogens is 452 g/mol. The van der Waals surface area contributed by atoms with E-state index < -0.39 is 0 Å². The molecule has 0 saturated heterocycles. The first kappa shape index (κ1) is 21.1. The molecule has 0 radical (unpaired) electrons. The number of carbonyl (C=O) groups is 1. The first-order valence-corrected chi connectivity index (χ1v) is 11.7. The van der Waals surface area contributed by atoms with E-state index in [-0.39, 0.29) is 12.0 Å². The van der Waals surface area contributed by atoms with Crippen molar-refractivity contribution in [1.82, 2.24) is 20.8 Å². The number of halogens is 1. The van der Waals surface area contributed by atoms with Crippen molar-refractivity contribution in [3.63, 3.8) is 0 Å². The zero-order valence-corrected chi connectivity index (χ0v) is 19.4. The van der Waals surface area contributed by atoms with E-state index >= 15 is 0 Å². The average molecular weight is 475 g/mol. The third-order valence-corrected chi connectivity index (χ3v) is 6.69. The van der Waals surface area contributed by atoms with Crippen LogP contribution in [0.1, 0.15) is 41.2 Å². The lowest BCUT2D eigenvalue weighted by Crippen LogP contribution is -2.24. The number of carbonyl (C=O) groups excluding carboxylic acids is 1. The summed E-state index contributed by atoms with van der Waals surface area (Å²) in [5.41, 5.74) is 6.94. The fraction of sp³-hybridized carbons (Fsp3) is 0.269. The van der Waals surface area contributed by atoms with Gasteiger partial charge in [-0.1, -0.05) is 28.9 Å². The average Bonchev–Trinajstić information content (AvgIpc) is 3.45. The van der Waals surface area contributed by atoms with Crippen molar-refractivity contribution < 1.29 is 14.1 Å². The van der Waals surface area contributed by atoms with E-state index in [1.54, 1.807) is 6.20 Å². The van der Waals surface area contributed by atoms with Crippen LogP contribution in [0.15, 0.2) is 47.1 Å². The third-order valence-electron chi connectivity index (χ3n) is 6.47. The number of amides is 1. The predicted octanol–water partition coefficient (Wildman–Crippen LogP) is 4.50. The molecule has 0 spiro atoms. The third kappa shape index (κ3) is 3.71. The number of rotatable bonds is 4. The highest BCUT2D eigenvalue weighted by molar-refractivity contribution is 6.31. The second-order valence-electron chi connectivity index (χ2n) is 8.77. The van der Waals surface area contributed by atoms with E-state index in [9.17, 15) is 4.79 Å². The summed E-state index contributed by atoms with van der Waals surface area (Å²) in [6.45, 7) is 3.63. The Kier molecular flexibility index (Phi) is 5.23. The van der Waals surface area contributed by atoms with Crippen LogP contribution in [0.25, 0.3) is 22.0 Å². The number of benzene rings is 2. The van der Waals surface area contributed by atoms with Gasteiger partial charge in [0.2, 0.25) is 5.91 Å². The number of nitrogens with one attached hydrogen (secondary N) is 2. The molecule has 4 aromatic rings. The van der Waals surface area contributed by atoms with Gasteiger partial charge in [0.1, 0.15) is 5.75 Å². The Morgan fingerprint density at radius 2 is 2.15 bits per heavy atom. The number of hydrogen-bond donors (Lipinski definition) is 2. The van der Waals surface area contributed by atoms with Crippen molar-refractivity contribution in [2.45, 2.75) is 39.0 Å². The quantitative estimate of drug-likeness (QED) is 0.452. The molecule has 1 atom stereocenters. The van der Waals surface area contributed by atoms with Gasteiger partial charge in [-0.15, -0.1) is 0 Å². The Bertz CT molecular complexity index is 1430. The Balaban J connectivity index is 1.39. The highest BCUT2D eigenvalue weighted by Gasteiger charge is 2.34. The zero-order chi connectivity index (χ0) is 23.2. The molecule has 0 aliphatic carbocycles. The second-order valence-corrected chi connectivity index (χ2v) is 9.21. The normalized spacial score (nSPS) is 16.7. The topological polar surface area (TPSA) is 89.3 Å². The summed E-state index contributed by atoms with van der Waals surface area (Å²) in [7, 11) is 0. The number of nitrogens with zero attached hydrogens (tertiary/aromatic N) is 2. The maximum atomic E-state index is 11.3. The van der Waals surface area contributed by atoms with Gasteiger partial charge in [0.25, 0.3) is 0 Å². The number of pyridine rings is 1. The lowest BCUT2D eigenvalue weighted by molar-refractivity contribution is -0.119. The van der Waals surface area contributed by atoms with Gasteiger partial charge in [-0.2, -0.15) is 0 Å². The molecular formula is C26H23ClN4O3.